The van der Waals surface area contributed by atoms with Gasteiger partial charge < -0.3 is 15.5 Å². The van der Waals surface area contributed by atoms with Gasteiger partial charge in [0.25, 0.3) is 0 Å². The average molecular weight is 311 g/mol. The van der Waals surface area contributed by atoms with Crippen LogP contribution in [0.4, 0.5) is 0 Å². The van der Waals surface area contributed by atoms with E-state index in [1.807, 2.05) is 0 Å². The molecule has 130 valence electrons. The van der Waals surface area contributed by atoms with E-state index in [1.54, 1.807) is 0 Å². The van der Waals surface area contributed by atoms with Crippen molar-refractivity contribution in [3.05, 3.63) is 0 Å². The van der Waals surface area contributed by atoms with Crippen LogP contribution in [-0.2, 0) is 0 Å². The first-order chi connectivity index (χ1) is 10.5. The van der Waals surface area contributed by atoms with Gasteiger partial charge in [-0.15, -0.1) is 0 Å². The Morgan fingerprint density at radius 3 is 2.41 bits per heavy atom. The first-order valence-electron chi connectivity index (χ1n) is 9.25. The van der Waals surface area contributed by atoms with E-state index < -0.39 is 0 Å². The Hall–Kier alpha value is -0.770. The number of guanidine groups is 1. The lowest BCUT2D eigenvalue weighted by molar-refractivity contribution is 0.139. The Kier molecular flexibility index (Phi) is 8.84. The number of nitrogens with one attached hydrogen (secondary N) is 2. The zero-order valence-corrected chi connectivity index (χ0v) is 15.5. The van der Waals surface area contributed by atoms with Gasteiger partial charge in [0, 0.05) is 25.7 Å². The topological polar surface area (TPSA) is 39.7 Å². The highest BCUT2D eigenvalue weighted by molar-refractivity contribution is 5.79. The third kappa shape index (κ3) is 6.55. The third-order valence-electron chi connectivity index (χ3n) is 5.19. The minimum atomic E-state index is 0.502. The molecule has 0 aliphatic heterocycles. The maximum atomic E-state index is 4.82. The van der Waals surface area contributed by atoms with Gasteiger partial charge in [-0.1, -0.05) is 13.3 Å². The molecule has 22 heavy (non-hydrogen) atoms. The second kappa shape index (κ2) is 10.1. The summed E-state index contributed by atoms with van der Waals surface area (Å²) in [6.45, 7) is 13.0. The first kappa shape index (κ1) is 19.3. The molecule has 1 aliphatic carbocycles. The van der Waals surface area contributed by atoms with Crippen LogP contribution in [0.25, 0.3) is 0 Å². The van der Waals surface area contributed by atoms with Crippen molar-refractivity contribution in [1.29, 1.82) is 0 Å². The van der Waals surface area contributed by atoms with Gasteiger partial charge in [0.1, 0.15) is 0 Å². The van der Waals surface area contributed by atoms with Crippen LogP contribution in [0, 0.1) is 5.41 Å². The lowest BCUT2D eigenvalue weighted by atomic mass is 9.67. The summed E-state index contributed by atoms with van der Waals surface area (Å²) in [6, 6.07) is 0.638. The molecule has 4 nitrogen and oxygen atoms in total. The van der Waals surface area contributed by atoms with Crippen molar-refractivity contribution in [2.45, 2.75) is 72.3 Å². The minimum absolute atomic E-state index is 0.502. The molecule has 0 aromatic rings. The Morgan fingerprint density at radius 1 is 1.18 bits per heavy atom. The zero-order chi connectivity index (χ0) is 16.4. The van der Waals surface area contributed by atoms with E-state index in [0.29, 0.717) is 11.5 Å². The van der Waals surface area contributed by atoms with E-state index in [9.17, 15) is 0 Å². The van der Waals surface area contributed by atoms with Crippen LogP contribution in [0.15, 0.2) is 4.99 Å². The largest absolute Gasteiger partial charge is 0.357 e. The van der Waals surface area contributed by atoms with Crippen LogP contribution in [0.2, 0.25) is 0 Å². The van der Waals surface area contributed by atoms with Gasteiger partial charge in [-0.3, -0.25) is 4.99 Å². The second-order valence-corrected chi connectivity index (χ2v) is 7.11. The van der Waals surface area contributed by atoms with E-state index >= 15 is 0 Å². The van der Waals surface area contributed by atoms with Crippen LogP contribution in [0.5, 0.6) is 0 Å². The second-order valence-electron chi connectivity index (χ2n) is 7.11. The predicted octanol–water partition coefficient (Wildman–Crippen LogP) is 3.24. The quantitative estimate of drug-likeness (QED) is 0.370. The summed E-state index contributed by atoms with van der Waals surface area (Å²) >= 11 is 0. The predicted molar refractivity (Wildman–Crippen MR) is 97.6 cm³/mol. The van der Waals surface area contributed by atoms with Crippen LogP contribution in [-0.4, -0.2) is 50.1 Å². The lowest BCUT2D eigenvalue weighted by Gasteiger charge is -2.40. The SMILES string of the molecule is CCNC(=NCC1(CC)CCC1)NCCCCN(C)C(C)C. The molecule has 0 spiro atoms. The maximum absolute atomic E-state index is 4.82. The number of aliphatic imine (C=N–C) groups is 1. The van der Waals surface area contributed by atoms with E-state index in [0.717, 1.165) is 25.6 Å². The van der Waals surface area contributed by atoms with Gasteiger partial charge >= 0.3 is 0 Å². The molecule has 2 N–H and O–H groups in total. The molecule has 1 fully saturated rings. The molecule has 0 bridgehead atoms. The molecule has 1 saturated carbocycles. The highest BCUT2D eigenvalue weighted by Gasteiger charge is 2.34. The van der Waals surface area contributed by atoms with Gasteiger partial charge in [-0.05, 0) is 71.9 Å². The van der Waals surface area contributed by atoms with Gasteiger partial charge in [-0.25, -0.2) is 0 Å². The Bertz CT molecular complexity index is 316. The average Bonchev–Trinajstić information content (AvgIpc) is 2.45. The Balaban J connectivity index is 2.26. The standard InChI is InChI=1S/C18H38N4/c1-6-18(11-10-12-18)15-21-17(19-7-2)20-13-8-9-14-22(5)16(3)4/h16H,6-15H2,1-5H3,(H2,19,20,21). The molecule has 0 atom stereocenters. The zero-order valence-electron chi connectivity index (χ0n) is 15.5. The van der Waals surface area contributed by atoms with E-state index in [4.69, 9.17) is 4.99 Å². The molecule has 1 rings (SSSR count). The molecule has 1 aliphatic rings. The van der Waals surface area contributed by atoms with Gasteiger partial charge in [0.15, 0.2) is 5.96 Å². The van der Waals surface area contributed by atoms with Gasteiger partial charge in [0.2, 0.25) is 0 Å². The van der Waals surface area contributed by atoms with Gasteiger partial charge in [-0.2, -0.15) is 0 Å². The third-order valence-corrected chi connectivity index (χ3v) is 5.19. The molecular weight excluding hydrogens is 272 g/mol. The number of hydrogen-bond donors (Lipinski definition) is 2. The van der Waals surface area contributed by atoms with Crippen LogP contribution in [0.1, 0.15) is 66.2 Å². The van der Waals surface area contributed by atoms with E-state index in [2.05, 4.69) is 50.3 Å². The molecule has 0 aromatic carbocycles. The van der Waals surface area contributed by atoms with Crippen molar-refractivity contribution in [3.63, 3.8) is 0 Å². The summed E-state index contributed by atoms with van der Waals surface area (Å²) in [7, 11) is 2.20. The number of rotatable bonds is 10. The van der Waals surface area contributed by atoms with Crippen LogP contribution < -0.4 is 10.6 Å². The van der Waals surface area contributed by atoms with E-state index in [-0.39, 0.29) is 0 Å². The van der Waals surface area contributed by atoms with Gasteiger partial charge in [0.05, 0.1) is 0 Å². The maximum Gasteiger partial charge on any atom is 0.191 e. The summed E-state index contributed by atoms with van der Waals surface area (Å²) in [5, 5.41) is 6.86. The van der Waals surface area contributed by atoms with Crippen LogP contribution >= 0.6 is 0 Å². The molecule has 0 amide bonds. The highest BCUT2D eigenvalue weighted by Crippen LogP contribution is 2.43. The fourth-order valence-corrected chi connectivity index (χ4v) is 2.84. The number of nitrogens with zero attached hydrogens (tertiary/aromatic N) is 2. The monoisotopic (exact) mass is 310 g/mol. The molecule has 0 unspecified atom stereocenters. The van der Waals surface area contributed by atoms with E-state index in [1.165, 1.54) is 45.1 Å². The smallest absolute Gasteiger partial charge is 0.191 e. The number of unbranched alkanes of at least 4 members (excludes halogenated alkanes) is 1. The van der Waals surface area contributed by atoms with Crippen molar-refractivity contribution in [2.24, 2.45) is 10.4 Å². The first-order valence-corrected chi connectivity index (χ1v) is 9.25. The minimum Gasteiger partial charge on any atom is -0.357 e. The molecule has 0 aromatic heterocycles. The van der Waals surface area contributed by atoms with Crippen molar-refractivity contribution < 1.29 is 0 Å². The van der Waals surface area contributed by atoms with Crippen molar-refractivity contribution in [1.82, 2.24) is 15.5 Å². The lowest BCUT2D eigenvalue weighted by Crippen LogP contribution is -2.40. The molecule has 0 saturated heterocycles. The molecule has 0 heterocycles. The molecule has 0 radical (unpaired) electrons. The summed E-state index contributed by atoms with van der Waals surface area (Å²) in [6.07, 6.45) is 7.79. The highest BCUT2D eigenvalue weighted by atomic mass is 15.2. The summed E-state index contributed by atoms with van der Waals surface area (Å²) in [5.41, 5.74) is 0.502. The normalized spacial score (nSPS) is 17.7. The fourth-order valence-electron chi connectivity index (χ4n) is 2.84. The Morgan fingerprint density at radius 2 is 1.91 bits per heavy atom. The molecular formula is C18H38N4. The van der Waals surface area contributed by atoms with Crippen molar-refractivity contribution >= 4 is 5.96 Å². The summed E-state index contributed by atoms with van der Waals surface area (Å²) in [4.78, 5) is 7.23. The molecule has 4 heteroatoms. The summed E-state index contributed by atoms with van der Waals surface area (Å²) < 4.78 is 0. The number of hydrogen-bond acceptors (Lipinski definition) is 2. The summed E-state index contributed by atoms with van der Waals surface area (Å²) in [5.74, 6) is 0.999. The van der Waals surface area contributed by atoms with Crippen molar-refractivity contribution in [2.75, 3.05) is 33.2 Å². The fraction of sp³-hybridized carbons (Fsp3) is 0.944. The Labute approximate surface area is 138 Å². The van der Waals surface area contributed by atoms with Crippen molar-refractivity contribution in [3.8, 4) is 0 Å². The van der Waals surface area contributed by atoms with Crippen LogP contribution in [0.3, 0.4) is 0 Å².